The van der Waals surface area contributed by atoms with Crippen molar-refractivity contribution >= 4 is 11.9 Å². The molecule has 0 aromatic carbocycles. The van der Waals surface area contributed by atoms with Crippen LogP contribution in [0.25, 0.3) is 0 Å². The van der Waals surface area contributed by atoms with Gasteiger partial charge in [-0.3, -0.25) is 9.59 Å². The Kier molecular flexibility index (Phi) is 24.8. The Labute approximate surface area is 210 Å². The van der Waals surface area contributed by atoms with Gasteiger partial charge in [0, 0.05) is 6.42 Å². The number of carbonyl (C=O) groups is 2. The first kappa shape index (κ1) is 32.4. The third-order valence-corrected chi connectivity index (χ3v) is 6.16. The van der Waals surface area contributed by atoms with E-state index in [1.165, 1.54) is 70.6 Å². The third kappa shape index (κ3) is 25.1. The Balaban J connectivity index is 3.51. The number of aliphatic carboxylic acids is 1. The minimum atomic E-state index is -0.897. The van der Waals surface area contributed by atoms with Gasteiger partial charge in [-0.1, -0.05) is 109 Å². The van der Waals surface area contributed by atoms with E-state index >= 15 is 0 Å². The Morgan fingerprint density at radius 1 is 0.676 bits per heavy atom. The molecule has 0 amide bonds. The number of carboxylic acid groups (broad SMARTS) is 1. The predicted octanol–water partition coefficient (Wildman–Crippen LogP) is 9.33. The summed E-state index contributed by atoms with van der Waals surface area (Å²) in [5.41, 5.74) is 0. The van der Waals surface area contributed by atoms with E-state index in [2.05, 4.69) is 38.2 Å². The number of carbonyl (C=O) groups excluding carboxylic acids is 1. The summed E-state index contributed by atoms with van der Waals surface area (Å²) in [5.74, 6) is -1.13. The fraction of sp³-hybridized carbons (Fsp3) is 0.800. The molecule has 0 aliphatic heterocycles. The van der Waals surface area contributed by atoms with Crippen molar-refractivity contribution in [3.63, 3.8) is 0 Å². The molecule has 4 heteroatoms. The molecule has 1 unspecified atom stereocenters. The van der Waals surface area contributed by atoms with Crippen molar-refractivity contribution in [2.24, 2.45) is 0 Å². The fourth-order valence-corrected chi connectivity index (χ4v) is 4.05. The number of rotatable bonds is 25. The van der Waals surface area contributed by atoms with Crippen LogP contribution in [0.3, 0.4) is 0 Å². The lowest BCUT2D eigenvalue weighted by Gasteiger charge is -2.16. The Morgan fingerprint density at radius 2 is 1.18 bits per heavy atom. The van der Waals surface area contributed by atoms with Gasteiger partial charge in [0.05, 0.1) is 6.42 Å². The van der Waals surface area contributed by atoms with Crippen molar-refractivity contribution in [3.05, 3.63) is 24.3 Å². The van der Waals surface area contributed by atoms with E-state index < -0.39 is 12.1 Å². The average Bonchev–Trinajstić information content (AvgIpc) is 2.80. The lowest BCUT2D eigenvalue weighted by atomic mass is 10.1. The zero-order chi connectivity index (χ0) is 25.1. The highest BCUT2D eigenvalue weighted by molar-refractivity contribution is 5.71. The number of unbranched alkanes of at least 4 members (excludes halogenated alkanes) is 14. The molecule has 0 radical (unpaired) electrons. The number of hydrogen-bond acceptors (Lipinski definition) is 3. The van der Waals surface area contributed by atoms with Gasteiger partial charge >= 0.3 is 11.9 Å². The summed E-state index contributed by atoms with van der Waals surface area (Å²) in [4.78, 5) is 23.0. The first-order valence-electron chi connectivity index (χ1n) is 14.3. The molecule has 0 aliphatic rings. The molecule has 0 rings (SSSR count). The molecule has 0 bridgehead atoms. The lowest BCUT2D eigenvalue weighted by molar-refractivity contribution is -0.153. The van der Waals surface area contributed by atoms with Crippen LogP contribution in [-0.4, -0.2) is 23.1 Å². The van der Waals surface area contributed by atoms with Crippen molar-refractivity contribution in [3.8, 4) is 0 Å². The van der Waals surface area contributed by atoms with Gasteiger partial charge in [-0.15, -0.1) is 0 Å². The summed E-state index contributed by atoms with van der Waals surface area (Å²) < 4.78 is 5.42. The highest BCUT2D eigenvalue weighted by atomic mass is 16.5. The van der Waals surface area contributed by atoms with Crippen molar-refractivity contribution in [1.29, 1.82) is 0 Å². The van der Waals surface area contributed by atoms with Crippen molar-refractivity contribution in [2.45, 2.75) is 155 Å². The lowest BCUT2D eigenvalue weighted by Crippen LogP contribution is -2.21. The van der Waals surface area contributed by atoms with Crippen LogP contribution in [0.1, 0.15) is 149 Å². The highest BCUT2D eigenvalue weighted by Gasteiger charge is 2.17. The Bertz CT molecular complexity index is 524. The highest BCUT2D eigenvalue weighted by Crippen LogP contribution is 2.14. The molecular formula is C30H54O4. The summed E-state index contributed by atoms with van der Waals surface area (Å²) in [6.07, 6.45) is 31.0. The van der Waals surface area contributed by atoms with Gasteiger partial charge in [-0.2, -0.15) is 0 Å². The maximum atomic E-state index is 12.0. The average molecular weight is 479 g/mol. The zero-order valence-electron chi connectivity index (χ0n) is 22.4. The third-order valence-electron chi connectivity index (χ3n) is 6.16. The minimum absolute atomic E-state index is 0.0811. The van der Waals surface area contributed by atoms with Crippen LogP contribution in [0.15, 0.2) is 24.3 Å². The molecule has 0 heterocycles. The number of esters is 1. The van der Waals surface area contributed by atoms with Crippen LogP contribution in [0.5, 0.6) is 0 Å². The summed E-state index contributed by atoms with van der Waals surface area (Å²) in [5, 5.41) is 9.00. The molecule has 1 N–H and O–H groups in total. The minimum Gasteiger partial charge on any atom is -0.481 e. The van der Waals surface area contributed by atoms with Crippen molar-refractivity contribution in [2.75, 3.05) is 0 Å². The molecule has 0 aliphatic carbocycles. The quantitative estimate of drug-likeness (QED) is 0.0806. The van der Waals surface area contributed by atoms with Gasteiger partial charge in [0.2, 0.25) is 0 Å². The maximum Gasteiger partial charge on any atom is 0.307 e. The van der Waals surface area contributed by atoms with E-state index in [0.717, 1.165) is 44.9 Å². The topological polar surface area (TPSA) is 63.6 Å². The molecule has 0 aromatic rings. The van der Waals surface area contributed by atoms with Gasteiger partial charge in [-0.05, 0) is 51.4 Å². The summed E-state index contributed by atoms with van der Waals surface area (Å²) >= 11 is 0. The first-order chi connectivity index (χ1) is 16.6. The second-order valence-electron chi connectivity index (χ2n) is 9.60. The van der Waals surface area contributed by atoms with E-state index in [1.54, 1.807) is 0 Å². The second-order valence-corrected chi connectivity index (χ2v) is 9.60. The summed E-state index contributed by atoms with van der Waals surface area (Å²) in [6, 6.07) is 0. The molecule has 0 aromatic heterocycles. The number of carboxylic acids is 1. The zero-order valence-corrected chi connectivity index (χ0v) is 22.4. The number of allylic oxidation sites excluding steroid dienone is 4. The number of ether oxygens (including phenoxy) is 1. The molecule has 0 saturated carbocycles. The van der Waals surface area contributed by atoms with E-state index in [4.69, 9.17) is 9.84 Å². The molecule has 1 atom stereocenters. The summed E-state index contributed by atoms with van der Waals surface area (Å²) in [7, 11) is 0. The largest absolute Gasteiger partial charge is 0.481 e. The van der Waals surface area contributed by atoms with Gasteiger partial charge in [0.15, 0.2) is 0 Å². The maximum absolute atomic E-state index is 12.0. The molecule has 198 valence electrons. The van der Waals surface area contributed by atoms with Crippen molar-refractivity contribution < 1.29 is 19.4 Å². The molecule has 0 saturated heterocycles. The van der Waals surface area contributed by atoms with E-state index in [-0.39, 0.29) is 12.4 Å². The van der Waals surface area contributed by atoms with Crippen LogP contribution in [-0.2, 0) is 14.3 Å². The first-order valence-corrected chi connectivity index (χ1v) is 14.3. The fourth-order valence-electron chi connectivity index (χ4n) is 4.05. The van der Waals surface area contributed by atoms with Crippen LogP contribution >= 0.6 is 0 Å². The smallest absolute Gasteiger partial charge is 0.307 e. The summed E-state index contributed by atoms with van der Waals surface area (Å²) in [6.45, 7) is 4.35. The molecule has 0 fully saturated rings. The molecular weight excluding hydrogens is 424 g/mol. The monoisotopic (exact) mass is 478 g/mol. The van der Waals surface area contributed by atoms with Gasteiger partial charge in [0.25, 0.3) is 0 Å². The van der Waals surface area contributed by atoms with Gasteiger partial charge in [0.1, 0.15) is 6.10 Å². The Hall–Kier alpha value is -1.58. The van der Waals surface area contributed by atoms with Gasteiger partial charge in [-0.25, -0.2) is 0 Å². The van der Waals surface area contributed by atoms with Crippen LogP contribution in [0.2, 0.25) is 0 Å². The molecule has 34 heavy (non-hydrogen) atoms. The molecule has 4 nitrogen and oxygen atoms in total. The standard InChI is InChI=1S/C30H54O4/c1-3-5-7-8-9-10-11-12-13-14-15-16-17-18-19-20-21-22-24-26-30(33)34-28(27-29(31)32)25-23-6-4-2/h9-10,12-13,28H,3-8,11,14-27H2,1-2H3,(H,31,32)/b10-9-,13-12-. The van der Waals surface area contributed by atoms with Crippen molar-refractivity contribution in [1.82, 2.24) is 0 Å². The number of hydrogen-bond donors (Lipinski definition) is 1. The van der Waals surface area contributed by atoms with E-state index in [9.17, 15) is 9.59 Å². The van der Waals surface area contributed by atoms with Crippen LogP contribution < -0.4 is 0 Å². The normalized spacial score (nSPS) is 12.5. The Morgan fingerprint density at radius 3 is 1.74 bits per heavy atom. The molecule has 0 spiro atoms. The second kappa shape index (κ2) is 26.0. The SMILES string of the molecule is CCCCC/C=C\C/C=C\CCCCCCCCCCCC(=O)OC(CCCCC)CC(=O)O. The van der Waals surface area contributed by atoms with Crippen LogP contribution in [0, 0.1) is 0 Å². The van der Waals surface area contributed by atoms with Crippen LogP contribution in [0.4, 0.5) is 0 Å². The van der Waals surface area contributed by atoms with E-state index in [1.807, 2.05) is 0 Å². The van der Waals surface area contributed by atoms with Gasteiger partial charge < -0.3 is 9.84 Å². The predicted molar refractivity (Wildman–Crippen MR) is 144 cm³/mol. The van der Waals surface area contributed by atoms with E-state index in [0.29, 0.717) is 12.8 Å².